The van der Waals surface area contributed by atoms with Crippen molar-refractivity contribution >= 4 is 13.8 Å². The van der Waals surface area contributed by atoms with E-state index < -0.39 is 13.9 Å². The first-order chi connectivity index (χ1) is 25.6. The average Bonchev–Trinajstić information content (AvgIpc) is 3.11. The fraction of sp³-hybridized carbons (Fsp3) is 0.841. The molecule has 0 aromatic carbocycles. The number of allylic oxidation sites excluding steroid dienone is 6. The largest absolute Gasteiger partial charge is 0.472 e. The molecule has 0 aliphatic carbocycles. The molecule has 0 aromatic rings. The Kier molecular flexibility index (Phi) is 36.7. The van der Waals surface area contributed by atoms with E-state index in [-0.39, 0.29) is 25.8 Å². The van der Waals surface area contributed by atoms with E-state index in [0.29, 0.717) is 24.1 Å². The zero-order valence-corrected chi connectivity index (χ0v) is 36.1. The van der Waals surface area contributed by atoms with Crippen molar-refractivity contribution in [2.24, 2.45) is 0 Å². The maximum Gasteiger partial charge on any atom is 0.472 e. The predicted molar refractivity (Wildman–Crippen MR) is 224 cm³/mol. The van der Waals surface area contributed by atoms with Gasteiger partial charge in [0.2, 0.25) is 0 Å². The Bertz CT molecular complexity index is 947. The first-order valence-corrected chi connectivity index (χ1v) is 23.2. The third-order valence-corrected chi connectivity index (χ3v) is 10.2. The van der Waals surface area contributed by atoms with Crippen LogP contribution in [-0.2, 0) is 27.9 Å². The molecule has 0 rings (SSSR count). The Balaban J connectivity index is 4.27. The third kappa shape index (κ3) is 41.7. The highest BCUT2D eigenvalue weighted by atomic mass is 31.2. The Hall–Kier alpha value is -1.28. The van der Waals surface area contributed by atoms with E-state index in [4.69, 9.17) is 18.5 Å². The SMILES string of the molecule is CCCCCC/C=C\C/C=C\CCCCCCCCOCC(COP(=O)(O)OCC[N+](C)(C)C)OC(=O)CCCCCCC/C=C\CCCCCCC. The van der Waals surface area contributed by atoms with E-state index >= 15 is 0 Å². The van der Waals surface area contributed by atoms with Gasteiger partial charge >= 0.3 is 13.8 Å². The lowest BCUT2D eigenvalue weighted by molar-refractivity contribution is -0.870. The highest BCUT2D eigenvalue weighted by Crippen LogP contribution is 2.43. The number of hydrogen-bond acceptors (Lipinski definition) is 6. The molecule has 9 heteroatoms. The average molecular weight is 771 g/mol. The summed E-state index contributed by atoms with van der Waals surface area (Å²) < 4.78 is 35.0. The summed E-state index contributed by atoms with van der Waals surface area (Å²) in [5.74, 6) is -0.327. The molecule has 0 aromatic heterocycles. The van der Waals surface area contributed by atoms with E-state index in [2.05, 4.69) is 50.3 Å². The molecule has 0 aliphatic heterocycles. The van der Waals surface area contributed by atoms with Crippen LogP contribution in [0.1, 0.15) is 181 Å². The van der Waals surface area contributed by atoms with Gasteiger partial charge in [0.1, 0.15) is 19.3 Å². The summed E-state index contributed by atoms with van der Waals surface area (Å²) >= 11 is 0. The van der Waals surface area contributed by atoms with Gasteiger partial charge in [0.15, 0.2) is 0 Å². The number of quaternary nitrogens is 1. The summed E-state index contributed by atoms with van der Waals surface area (Å²) in [6.07, 6.45) is 43.1. The number of unbranched alkanes of at least 4 members (excludes halogenated alkanes) is 20. The molecule has 2 unspecified atom stereocenters. The van der Waals surface area contributed by atoms with Gasteiger partial charge < -0.3 is 18.9 Å². The van der Waals surface area contributed by atoms with Gasteiger partial charge in [-0.3, -0.25) is 13.8 Å². The van der Waals surface area contributed by atoms with Crippen molar-refractivity contribution < 1.29 is 37.3 Å². The van der Waals surface area contributed by atoms with Gasteiger partial charge in [-0.05, 0) is 70.6 Å². The Labute approximate surface area is 327 Å². The van der Waals surface area contributed by atoms with E-state index in [1.165, 1.54) is 103 Å². The monoisotopic (exact) mass is 771 g/mol. The van der Waals surface area contributed by atoms with Crippen molar-refractivity contribution in [2.45, 2.75) is 187 Å². The molecular weight excluding hydrogens is 685 g/mol. The number of esters is 1. The van der Waals surface area contributed by atoms with Gasteiger partial charge in [-0.25, -0.2) is 4.57 Å². The van der Waals surface area contributed by atoms with Gasteiger partial charge in [0.05, 0.1) is 34.4 Å². The normalized spacial score (nSPS) is 14.2. The zero-order chi connectivity index (χ0) is 39.1. The van der Waals surface area contributed by atoms with Crippen LogP contribution in [0.4, 0.5) is 0 Å². The maximum atomic E-state index is 12.7. The molecule has 1 N–H and O–H groups in total. The first kappa shape index (κ1) is 51.7. The quantitative estimate of drug-likeness (QED) is 0.0218. The second-order valence-electron chi connectivity index (χ2n) is 15.7. The highest BCUT2D eigenvalue weighted by Gasteiger charge is 2.26. The van der Waals surface area contributed by atoms with Gasteiger partial charge in [-0.15, -0.1) is 0 Å². The fourth-order valence-electron chi connectivity index (χ4n) is 5.75. The van der Waals surface area contributed by atoms with E-state index in [1.807, 2.05) is 21.1 Å². The molecule has 8 nitrogen and oxygen atoms in total. The maximum absolute atomic E-state index is 12.7. The molecule has 0 saturated carbocycles. The fourth-order valence-corrected chi connectivity index (χ4v) is 6.49. The second kappa shape index (κ2) is 37.6. The van der Waals surface area contributed by atoms with Crippen molar-refractivity contribution in [1.82, 2.24) is 0 Å². The Morgan fingerprint density at radius 3 is 1.57 bits per heavy atom. The van der Waals surface area contributed by atoms with Crippen molar-refractivity contribution in [3.63, 3.8) is 0 Å². The summed E-state index contributed by atoms with van der Waals surface area (Å²) in [6.45, 7) is 5.56. The number of carbonyl (C=O) groups is 1. The van der Waals surface area contributed by atoms with Crippen molar-refractivity contribution in [3.05, 3.63) is 36.5 Å². The molecule has 0 fully saturated rings. The van der Waals surface area contributed by atoms with Gasteiger partial charge in [0, 0.05) is 13.0 Å². The molecule has 0 heterocycles. The van der Waals surface area contributed by atoms with Crippen molar-refractivity contribution in [3.8, 4) is 0 Å². The minimum atomic E-state index is -4.28. The molecule has 0 amide bonds. The van der Waals surface area contributed by atoms with Crippen LogP contribution >= 0.6 is 7.82 Å². The molecular formula is C44H85NO7P+. The topological polar surface area (TPSA) is 91.3 Å². The molecule has 53 heavy (non-hydrogen) atoms. The molecule has 2 atom stereocenters. The number of likely N-dealkylation sites (N-methyl/N-ethyl adjacent to an activating group) is 1. The van der Waals surface area contributed by atoms with Crippen LogP contribution in [-0.4, -0.2) is 75.6 Å². The molecule has 0 aliphatic rings. The summed E-state index contributed by atoms with van der Waals surface area (Å²) in [5.41, 5.74) is 0. The van der Waals surface area contributed by atoms with Crippen LogP contribution in [0.5, 0.6) is 0 Å². The number of nitrogens with zero attached hydrogens (tertiary/aromatic N) is 1. The van der Waals surface area contributed by atoms with Crippen LogP contribution < -0.4 is 0 Å². The minimum absolute atomic E-state index is 0.0846. The van der Waals surface area contributed by atoms with Crippen LogP contribution in [0.2, 0.25) is 0 Å². The number of phosphoric ester groups is 1. The molecule has 0 radical (unpaired) electrons. The lowest BCUT2D eigenvalue weighted by atomic mass is 10.1. The van der Waals surface area contributed by atoms with Gasteiger partial charge in [-0.2, -0.15) is 0 Å². The standard InChI is InChI=1S/C44H84NO7P/c1-6-8-10-12-14-16-18-20-22-23-24-26-28-30-32-34-36-39-49-41-43(42-51-53(47,48)50-40-38-45(3,4)5)52-44(46)37-35-33-31-29-27-25-21-19-17-15-13-11-9-7-2/h16,18-19,21-23,43H,6-15,17,20,24-42H2,1-5H3/p+1/b18-16-,21-19-,23-22-. The molecule has 0 spiro atoms. The zero-order valence-electron chi connectivity index (χ0n) is 35.3. The highest BCUT2D eigenvalue weighted by molar-refractivity contribution is 7.47. The van der Waals surface area contributed by atoms with Crippen molar-refractivity contribution in [2.75, 3.05) is 54.1 Å². The summed E-state index contributed by atoms with van der Waals surface area (Å²) in [7, 11) is 1.65. The minimum Gasteiger partial charge on any atom is -0.457 e. The number of carbonyl (C=O) groups excluding carboxylic acids is 1. The van der Waals surface area contributed by atoms with Gasteiger partial charge in [-0.1, -0.05) is 140 Å². The Morgan fingerprint density at radius 1 is 0.585 bits per heavy atom. The van der Waals surface area contributed by atoms with E-state index in [1.54, 1.807) is 0 Å². The number of hydrogen-bond donors (Lipinski definition) is 1. The summed E-state index contributed by atoms with van der Waals surface area (Å²) in [6, 6.07) is 0. The third-order valence-electron chi connectivity index (χ3n) is 9.17. The first-order valence-electron chi connectivity index (χ1n) is 21.7. The van der Waals surface area contributed by atoms with E-state index in [9.17, 15) is 14.3 Å². The molecule has 0 bridgehead atoms. The number of ether oxygens (including phenoxy) is 2. The van der Waals surface area contributed by atoms with Crippen LogP contribution in [0.3, 0.4) is 0 Å². The Morgan fingerprint density at radius 2 is 1.04 bits per heavy atom. The van der Waals surface area contributed by atoms with Crippen LogP contribution in [0, 0.1) is 0 Å². The second-order valence-corrected chi connectivity index (χ2v) is 17.2. The lowest BCUT2D eigenvalue weighted by Crippen LogP contribution is -2.37. The summed E-state index contributed by atoms with van der Waals surface area (Å²) in [5, 5.41) is 0. The summed E-state index contributed by atoms with van der Waals surface area (Å²) in [4.78, 5) is 22.9. The van der Waals surface area contributed by atoms with Crippen LogP contribution in [0.25, 0.3) is 0 Å². The molecule has 312 valence electrons. The smallest absolute Gasteiger partial charge is 0.457 e. The number of phosphoric acid groups is 1. The number of rotatable bonds is 40. The van der Waals surface area contributed by atoms with E-state index in [0.717, 1.165) is 57.8 Å². The lowest BCUT2D eigenvalue weighted by Gasteiger charge is -2.24. The predicted octanol–water partition coefficient (Wildman–Crippen LogP) is 12.6. The molecule has 0 saturated heterocycles. The van der Waals surface area contributed by atoms with Crippen LogP contribution in [0.15, 0.2) is 36.5 Å². The van der Waals surface area contributed by atoms with Crippen molar-refractivity contribution in [1.29, 1.82) is 0 Å². The van der Waals surface area contributed by atoms with Gasteiger partial charge in [0.25, 0.3) is 0 Å².